The van der Waals surface area contributed by atoms with Crippen LogP contribution >= 0.6 is 0 Å². The molecule has 3 rings (SSSR count). The number of aryl methyl sites for hydroxylation is 1. The summed E-state index contributed by atoms with van der Waals surface area (Å²) in [5.41, 5.74) is 0. The molecule has 1 N–H and O–H groups in total. The van der Waals surface area contributed by atoms with Crippen LogP contribution in [0.5, 0.6) is 0 Å². The van der Waals surface area contributed by atoms with Gasteiger partial charge in [0.25, 0.3) is 0 Å². The van der Waals surface area contributed by atoms with Gasteiger partial charge in [-0.3, -0.25) is 14.6 Å². The molecular weight excluding hydrogens is 268 g/mol. The Labute approximate surface area is 125 Å². The SMILES string of the molecule is Cn1ccnc1CN1CCC(N2CCCC2C(=O)O)CC1. The normalized spacial score (nSPS) is 25.5. The Morgan fingerprint density at radius 1 is 1.33 bits per heavy atom. The number of hydrogen-bond donors (Lipinski definition) is 1. The molecule has 0 saturated carbocycles. The highest BCUT2D eigenvalue weighted by Gasteiger charge is 2.36. The fourth-order valence-electron chi connectivity index (χ4n) is 3.65. The molecule has 2 aliphatic heterocycles. The zero-order chi connectivity index (χ0) is 14.8. The number of carbonyl (C=O) groups is 1. The predicted octanol–water partition coefficient (Wildman–Crippen LogP) is 0.933. The number of nitrogens with zero attached hydrogens (tertiary/aromatic N) is 4. The molecule has 0 radical (unpaired) electrons. The first-order valence-electron chi connectivity index (χ1n) is 7.82. The molecule has 0 spiro atoms. The van der Waals surface area contributed by atoms with E-state index in [1.54, 1.807) is 0 Å². The zero-order valence-corrected chi connectivity index (χ0v) is 12.6. The fraction of sp³-hybridized carbons (Fsp3) is 0.733. The van der Waals surface area contributed by atoms with Crippen molar-refractivity contribution < 1.29 is 9.90 Å². The van der Waals surface area contributed by atoms with Crippen LogP contribution in [0, 0.1) is 0 Å². The fourth-order valence-corrected chi connectivity index (χ4v) is 3.65. The van der Waals surface area contributed by atoms with Crippen molar-refractivity contribution in [3.63, 3.8) is 0 Å². The third-order valence-corrected chi connectivity index (χ3v) is 4.89. The van der Waals surface area contributed by atoms with E-state index in [9.17, 15) is 9.90 Å². The van der Waals surface area contributed by atoms with E-state index < -0.39 is 5.97 Å². The molecule has 1 aromatic heterocycles. The number of rotatable bonds is 4. The van der Waals surface area contributed by atoms with Crippen LogP contribution in [0.4, 0.5) is 0 Å². The van der Waals surface area contributed by atoms with Gasteiger partial charge in [0.05, 0.1) is 6.54 Å². The average molecular weight is 292 g/mol. The van der Waals surface area contributed by atoms with Gasteiger partial charge in [-0.05, 0) is 32.2 Å². The summed E-state index contributed by atoms with van der Waals surface area (Å²) in [5, 5.41) is 9.30. The van der Waals surface area contributed by atoms with Crippen molar-refractivity contribution in [1.82, 2.24) is 19.4 Å². The monoisotopic (exact) mass is 292 g/mol. The van der Waals surface area contributed by atoms with Crippen molar-refractivity contribution in [2.45, 2.75) is 44.3 Å². The van der Waals surface area contributed by atoms with Gasteiger partial charge in [-0.15, -0.1) is 0 Å². The minimum Gasteiger partial charge on any atom is -0.480 e. The van der Waals surface area contributed by atoms with E-state index in [2.05, 4.69) is 19.4 Å². The molecule has 0 aliphatic carbocycles. The van der Waals surface area contributed by atoms with Crippen molar-refractivity contribution in [1.29, 1.82) is 0 Å². The standard InChI is InChI=1S/C15H24N4O2/c1-17-10-6-16-14(17)11-18-8-4-12(5-9-18)19-7-2-3-13(19)15(20)21/h6,10,12-13H,2-5,7-9,11H2,1H3,(H,20,21). The summed E-state index contributed by atoms with van der Waals surface area (Å²) >= 11 is 0. The van der Waals surface area contributed by atoms with E-state index in [-0.39, 0.29) is 6.04 Å². The third-order valence-electron chi connectivity index (χ3n) is 4.89. The smallest absolute Gasteiger partial charge is 0.320 e. The maximum absolute atomic E-state index is 11.3. The van der Waals surface area contributed by atoms with Crippen molar-refractivity contribution >= 4 is 5.97 Å². The number of hydrogen-bond acceptors (Lipinski definition) is 4. The maximum atomic E-state index is 11.3. The summed E-state index contributed by atoms with van der Waals surface area (Å²) in [6.07, 6.45) is 7.77. The Morgan fingerprint density at radius 3 is 2.71 bits per heavy atom. The van der Waals surface area contributed by atoms with E-state index in [0.717, 1.165) is 57.7 Å². The molecule has 21 heavy (non-hydrogen) atoms. The number of carboxylic acids is 1. The van der Waals surface area contributed by atoms with Gasteiger partial charge in [0, 0.05) is 38.6 Å². The molecule has 3 heterocycles. The van der Waals surface area contributed by atoms with Crippen LogP contribution in [0.1, 0.15) is 31.5 Å². The van der Waals surface area contributed by atoms with Crippen LogP contribution in [0.2, 0.25) is 0 Å². The van der Waals surface area contributed by atoms with Gasteiger partial charge in [0.2, 0.25) is 0 Å². The molecule has 2 fully saturated rings. The quantitative estimate of drug-likeness (QED) is 0.894. The zero-order valence-electron chi connectivity index (χ0n) is 12.6. The van der Waals surface area contributed by atoms with E-state index in [1.165, 1.54) is 0 Å². The number of carboxylic acid groups (broad SMARTS) is 1. The number of imidazole rings is 1. The summed E-state index contributed by atoms with van der Waals surface area (Å²) in [5.74, 6) is 0.445. The first-order chi connectivity index (χ1) is 10.1. The largest absolute Gasteiger partial charge is 0.480 e. The topological polar surface area (TPSA) is 61.6 Å². The summed E-state index contributed by atoms with van der Waals surface area (Å²) in [4.78, 5) is 20.3. The average Bonchev–Trinajstić information content (AvgIpc) is 3.10. The molecule has 1 atom stereocenters. The van der Waals surface area contributed by atoms with Crippen molar-refractivity contribution in [2.75, 3.05) is 19.6 Å². The highest BCUT2D eigenvalue weighted by molar-refractivity contribution is 5.73. The highest BCUT2D eigenvalue weighted by atomic mass is 16.4. The molecule has 0 bridgehead atoms. The van der Waals surface area contributed by atoms with Gasteiger partial charge in [-0.25, -0.2) is 4.98 Å². The molecule has 1 unspecified atom stereocenters. The van der Waals surface area contributed by atoms with Gasteiger partial charge in [0.15, 0.2) is 0 Å². The second kappa shape index (κ2) is 6.15. The predicted molar refractivity (Wildman–Crippen MR) is 78.9 cm³/mol. The molecule has 2 saturated heterocycles. The van der Waals surface area contributed by atoms with Crippen LogP contribution in [-0.4, -0.2) is 62.1 Å². The minimum absolute atomic E-state index is 0.254. The van der Waals surface area contributed by atoms with Crippen molar-refractivity contribution in [2.24, 2.45) is 7.05 Å². The van der Waals surface area contributed by atoms with Crippen molar-refractivity contribution in [3.05, 3.63) is 18.2 Å². The summed E-state index contributed by atoms with van der Waals surface area (Å²) < 4.78 is 2.06. The minimum atomic E-state index is -0.650. The second-order valence-electron chi connectivity index (χ2n) is 6.20. The molecule has 0 amide bonds. The molecular formula is C15H24N4O2. The number of aliphatic carboxylic acids is 1. The second-order valence-corrected chi connectivity index (χ2v) is 6.20. The molecule has 6 heteroatoms. The van der Waals surface area contributed by atoms with Crippen LogP contribution in [0.3, 0.4) is 0 Å². The summed E-state index contributed by atoms with van der Waals surface area (Å²) in [7, 11) is 2.02. The Hall–Kier alpha value is -1.40. The van der Waals surface area contributed by atoms with Crippen LogP contribution < -0.4 is 0 Å². The van der Waals surface area contributed by atoms with Gasteiger partial charge in [-0.1, -0.05) is 0 Å². The lowest BCUT2D eigenvalue weighted by Crippen LogP contribution is -2.48. The van der Waals surface area contributed by atoms with E-state index in [1.807, 2.05) is 19.4 Å². The van der Waals surface area contributed by atoms with Crippen LogP contribution in [-0.2, 0) is 18.4 Å². The number of likely N-dealkylation sites (tertiary alicyclic amines) is 2. The molecule has 6 nitrogen and oxygen atoms in total. The Morgan fingerprint density at radius 2 is 2.10 bits per heavy atom. The van der Waals surface area contributed by atoms with Gasteiger partial charge in [0.1, 0.15) is 11.9 Å². The highest BCUT2D eigenvalue weighted by Crippen LogP contribution is 2.26. The molecule has 2 aliphatic rings. The van der Waals surface area contributed by atoms with Gasteiger partial charge >= 0.3 is 5.97 Å². The van der Waals surface area contributed by atoms with Crippen LogP contribution in [0.15, 0.2) is 12.4 Å². The van der Waals surface area contributed by atoms with Crippen molar-refractivity contribution in [3.8, 4) is 0 Å². The first kappa shape index (κ1) is 14.5. The first-order valence-corrected chi connectivity index (χ1v) is 7.82. The maximum Gasteiger partial charge on any atom is 0.320 e. The van der Waals surface area contributed by atoms with Gasteiger partial charge < -0.3 is 9.67 Å². The Bertz CT molecular complexity index is 494. The lowest BCUT2D eigenvalue weighted by atomic mass is 10.0. The molecule has 116 valence electrons. The lowest BCUT2D eigenvalue weighted by Gasteiger charge is -2.38. The molecule has 0 aromatic carbocycles. The Kier molecular flexibility index (Phi) is 4.26. The van der Waals surface area contributed by atoms with E-state index >= 15 is 0 Å². The van der Waals surface area contributed by atoms with E-state index in [4.69, 9.17) is 0 Å². The third kappa shape index (κ3) is 3.11. The summed E-state index contributed by atoms with van der Waals surface area (Å²) in [6, 6.07) is 0.183. The Balaban J connectivity index is 1.53. The number of aromatic nitrogens is 2. The molecule has 1 aromatic rings. The number of piperidine rings is 1. The van der Waals surface area contributed by atoms with E-state index in [0.29, 0.717) is 6.04 Å². The van der Waals surface area contributed by atoms with Crippen LogP contribution in [0.25, 0.3) is 0 Å². The summed E-state index contributed by atoms with van der Waals surface area (Å²) in [6.45, 7) is 3.89. The lowest BCUT2D eigenvalue weighted by molar-refractivity contribution is -0.143. The van der Waals surface area contributed by atoms with Gasteiger partial charge in [-0.2, -0.15) is 0 Å².